The molecule has 1 saturated heterocycles. The van der Waals surface area contributed by atoms with Gasteiger partial charge < -0.3 is 15.1 Å². The van der Waals surface area contributed by atoms with Crippen molar-refractivity contribution in [3.8, 4) is 0 Å². The number of amides is 2. The first-order valence-corrected chi connectivity index (χ1v) is 7.49. The van der Waals surface area contributed by atoms with Crippen LogP contribution in [0.25, 0.3) is 0 Å². The average molecular weight is 341 g/mol. The van der Waals surface area contributed by atoms with E-state index in [2.05, 4.69) is 21.2 Å². The van der Waals surface area contributed by atoms with Gasteiger partial charge in [-0.15, -0.1) is 0 Å². The predicted octanol–water partition coefficient (Wildman–Crippen LogP) is 0.135. The van der Waals surface area contributed by atoms with E-state index in [1.165, 1.54) is 4.90 Å². The molecule has 0 bridgehead atoms. The van der Waals surface area contributed by atoms with Gasteiger partial charge in [-0.25, -0.2) is 0 Å². The lowest BCUT2D eigenvalue weighted by molar-refractivity contribution is -0.895. The van der Waals surface area contributed by atoms with Gasteiger partial charge in [-0.2, -0.15) is 0 Å². The Morgan fingerprint density at radius 1 is 1.30 bits per heavy atom. The van der Waals surface area contributed by atoms with Crippen LogP contribution in [0.5, 0.6) is 0 Å². The van der Waals surface area contributed by atoms with Crippen LogP contribution in [0.15, 0.2) is 28.7 Å². The fraction of sp³-hybridized carbons (Fsp3) is 0.429. The van der Waals surface area contributed by atoms with Crippen molar-refractivity contribution in [1.82, 2.24) is 4.90 Å². The Kier molecular flexibility index (Phi) is 5.14. The number of anilines is 1. The number of carbonyl (C=O) groups excluding carboxylic acids is 2. The molecule has 0 atom stereocenters. The fourth-order valence-electron chi connectivity index (χ4n) is 2.30. The summed E-state index contributed by atoms with van der Waals surface area (Å²) in [6, 6.07) is 7.56. The third-order valence-corrected chi connectivity index (χ3v) is 4.17. The standard InChI is InChI=1S/C14H18BrN3O2/c1-11(19)18-8-6-17(7-9-18)10-14(20)16-13-5-3-2-4-12(13)15/h2-5H,6-10H2,1H3,(H,16,20)/p+1. The molecule has 0 radical (unpaired) electrons. The molecular formula is C14H19BrN3O2+. The summed E-state index contributed by atoms with van der Waals surface area (Å²) in [5.41, 5.74) is 0.791. The third kappa shape index (κ3) is 4.05. The van der Waals surface area contributed by atoms with Crippen LogP contribution in [0.3, 0.4) is 0 Å². The van der Waals surface area contributed by atoms with Gasteiger partial charge in [0.05, 0.1) is 31.9 Å². The smallest absolute Gasteiger partial charge is 0.279 e. The molecule has 1 fully saturated rings. The highest BCUT2D eigenvalue weighted by atomic mass is 79.9. The molecule has 108 valence electrons. The number of rotatable bonds is 3. The minimum atomic E-state index is 0.00294. The highest BCUT2D eigenvalue weighted by Gasteiger charge is 2.23. The first-order valence-electron chi connectivity index (χ1n) is 6.69. The number of piperazine rings is 1. The van der Waals surface area contributed by atoms with E-state index in [0.717, 1.165) is 36.3 Å². The van der Waals surface area contributed by atoms with Crippen molar-refractivity contribution < 1.29 is 14.5 Å². The highest BCUT2D eigenvalue weighted by Crippen LogP contribution is 2.20. The van der Waals surface area contributed by atoms with Crippen molar-refractivity contribution in [3.63, 3.8) is 0 Å². The number of hydrogen-bond donors (Lipinski definition) is 2. The molecule has 0 aromatic heterocycles. The van der Waals surface area contributed by atoms with Gasteiger partial charge in [0.1, 0.15) is 0 Å². The van der Waals surface area contributed by atoms with E-state index in [4.69, 9.17) is 0 Å². The summed E-state index contributed by atoms with van der Waals surface area (Å²) in [4.78, 5) is 26.3. The van der Waals surface area contributed by atoms with Crippen LogP contribution in [-0.4, -0.2) is 49.4 Å². The Morgan fingerprint density at radius 3 is 2.55 bits per heavy atom. The van der Waals surface area contributed by atoms with Gasteiger partial charge in [0.2, 0.25) is 5.91 Å². The maximum atomic E-state index is 12.0. The molecule has 1 aliphatic heterocycles. The van der Waals surface area contributed by atoms with Crippen LogP contribution in [0.2, 0.25) is 0 Å². The van der Waals surface area contributed by atoms with Crippen LogP contribution < -0.4 is 10.2 Å². The Hall–Kier alpha value is -1.40. The Bertz CT molecular complexity index is 499. The zero-order chi connectivity index (χ0) is 14.5. The van der Waals surface area contributed by atoms with Crippen molar-refractivity contribution in [2.24, 2.45) is 0 Å². The number of nitrogens with zero attached hydrogens (tertiary/aromatic N) is 1. The SMILES string of the molecule is CC(=O)N1CC[NH+](CC(=O)Nc2ccccc2Br)CC1. The normalized spacial score (nSPS) is 16.0. The van der Waals surface area contributed by atoms with Gasteiger partial charge in [0.15, 0.2) is 6.54 Å². The lowest BCUT2D eigenvalue weighted by Crippen LogP contribution is -3.15. The molecule has 0 spiro atoms. The number of quaternary nitrogens is 1. The molecule has 5 nitrogen and oxygen atoms in total. The molecule has 2 N–H and O–H groups in total. The zero-order valence-corrected chi connectivity index (χ0v) is 13.1. The Labute approximate surface area is 127 Å². The van der Waals surface area contributed by atoms with E-state index in [9.17, 15) is 9.59 Å². The van der Waals surface area contributed by atoms with Crippen molar-refractivity contribution >= 4 is 33.4 Å². The summed E-state index contributed by atoms with van der Waals surface area (Å²) in [5, 5.41) is 2.90. The van der Waals surface area contributed by atoms with E-state index < -0.39 is 0 Å². The van der Waals surface area contributed by atoms with Gasteiger partial charge >= 0.3 is 0 Å². The molecular weight excluding hydrogens is 322 g/mol. The average Bonchev–Trinajstić information content (AvgIpc) is 2.42. The summed E-state index contributed by atoms with van der Waals surface area (Å²) < 4.78 is 0.879. The first-order chi connectivity index (χ1) is 9.56. The minimum absolute atomic E-state index is 0.00294. The maximum absolute atomic E-state index is 12.0. The third-order valence-electron chi connectivity index (χ3n) is 3.47. The predicted molar refractivity (Wildman–Crippen MR) is 80.6 cm³/mol. The fourth-order valence-corrected chi connectivity index (χ4v) is 2.68. The maximum Gasteiger partial charge on any atom is 0.279 e. The van der Waals surface area contributed by atoms with Gasteiger partial charge in [-0.1, -0.05) is 12.1 Å². The minimum Gasteiger partial charge on any atom is -0.332 e. The summed E-state index contributed by atoms with van der Waals surface area (Å²) in [6.07, 6.45) is 0. The molecule has 1 aromatic carbocycles. The van der Waals surface area contributed by atoms with E-state index in [-0.39, 0.29) is 11.8 Å². The topological polar surface area (TPSA) is 53.9 Å². The van der Waals surface area contributed by atoms with Crippen molar-refractivity contribution in [2.45, 2.75) is 6.92 Å². The quantitative estimate of drug-likeness (QED) is 0.822. The van der Waals surface area contributed by atoms with E-state index in [0.29, 0.717) is 6.54 Å². The van der Waals surface area contributed by atoms with E-state index >= 15 is 0 Å². The van der Waals surface area contributed by atoms with Crippen molar-refractivity contribution in [1.29, 1.82) is 0 Å². The second kappa shape index (κ2) is 6.85. The van der Waals surface area contributed by atoms with Gasteiger partial charge in [0, 0.05) is 11.4 Å². The van der Waals surface area contributed by atoms with Gasteiger partial charge in [0.25, 0.3) is 5.91 Å². The van der Waals surface area contributed by atoms with Crippen molar-refractivity contribution in [2.75, 3.05) is 38.0 Å². The Morgan fingerprint density at radius 2 is 1.95 bits per heavy atom. The summed E-state index contributed by atoms with van der Waals surface area (Å²) in [5.74, 6) is 0.116. The molecule has 2 amide bonds. The molecule has 0 saturated carbocycles. The van der Waals surface area contributed by atoms with Gasteiger partial charge in [-0.05, 0) is 28.1 Å². The molecule has 20 heavy (non-hydrogen) atoms. The van der Waals surface area contributed by atoms with Crippen LogP contribution in [0, 0.1) is 0 Å². The summed E-state index contributed by atoms with van der Waals surface area (Å²) in [6.45, 7) is 5.13. The number of para-hydroxylation sites is 1. The molecule has 1 heterocycles. The second-order valence-corrected chi connectivity index (χ2v) is 5.82. The first kappa shape index (κ1) is 15.0. The molecule has 0 aliphatic carbocycles. The molecule has 6 heteroatoms. The Balaban J connectivity index is 1.81. The van der Waals surface area contributed by atoms with Crippen molar-refractivity contribution in [3.05, 3.63) is 28.7 Å². The number of benzene rings is 1. The number of halogens is 1. The van der Waals surface area contributed by atoms with E-state index in [1.54, 1.807) is 6.92 Å². The van der Waals surface area contributed by atoms with Crippen LogP contribution in [0.1, 0.15) is 6.92 Å². The van der Waals surface area contributed by atoms with Crippen LogP contribution in [0.4, 0.5) is 5.69 Å². The summed E-state index contributed by atoms with van der Waals surface area (Å²) >= 11 is 3.41. The van der Waals surface area contributed by atoms with Crippen LogP contribution in [-0.2, 0) is 9.59 Å². The molecule has 1 aliphatic rings. The second-order valence-electron chi connectivity index (χ2n) is 4.96. The number of hydrogen-bond acceptors (Lipinski definition) is 2. The lowest BCUT2D eigenvalue weighted by atomic mass is 10.3. The monoisotopic (exact) mass is 340 g/mol. The molecule has 0 unspecified atom stereocenters. The van der Waals surface area contributed by atoms with Crippen LogP contribution >= 0.6 is 15.9 Å². The van der Waals surface area contributed by atoms with E-state index in [1.807, 2.05) is 29.2 Å². The molecule has 1 aromatic rings. The number of carbonyl (C=O) groups is 2. The van der Waals surface area contributed by atoms with Gasteiger partial charge in [-0.3, -0.25) is 9.59 Å². The number of nitrogens with one attached hydrogen (secondary N) is 2. The zero-order valence-electron chi connectivity index (χ0n) is 11.5. The highest BCUT2D eigenvalue weighted by molar-refractivity contribution is 9.10. The molecule has 2 rings (SSSR count). The lowest BCUT2D eigenvalue weighted by Gasteiger charge is -2.31. The largest absolute Gasteiger partial charge is 0.332 e. The summed E-state index contributed by atoms with van der Waals surface area (Å²) in [7, 11) is 0.